The molecule has 5 rings (SSSR count). The fraction of sp³-hybridized carbons (Fsp3) is 0.370. The minimum Gasteiger partial charge on any atom is -0.495 e. The number of rotatable bonds is 7. The van der Waals surface area contributed by atoms with Gasteiger partial charge in [0.2, 0.25) is 11.9 Å². The third-order valence-electron chi connectivity index (χ3n) is 7.00. The van der Waals surface area contributed by atoms with E-state index in [1.165, 1.54) is 12.8 Å². The molecule has 0 atom stereocenters. The van der Waals surface area contributed by atoms with Crippen molar-refractivity contribution in [2.24, 2.45) is 0 Å². The number of benzene rings is 1. The SMILES string of the molecule is COc1cc(C(=O)NCc2ccncc2)ccc1Nc1ncc2c(n1)N(C1CCCC1)CCC(=O)N2C. The first-order valence-electron chi connectivity index (χ1n) is 12.6. The summed E-state index contributed by atoms with van der Waals surface area (Å²) in [6, 6.07) is 9.28. The van der Waals surface area contributed by atoms with Gasteiger partial charge in [0.15, 0.2) is 5.82 Å². The van der Waals surface area contributed by atoms with Crippen molar-refractivity contribution in [3.63, 3.8) is 0 Å². The maximum absolute atomic E-state index is 12.7. The van der Waals surface area contributed by atoms with Gasteiger partial charge in [-0.05, 0) is 48.7 Å². The van der Waals surface area contributed by atoms with Crippen molar-refractivity contribution in [2.45, 2.75) is 44.7 Å². The van der Waals surface area contributed by atoms with Gasteiger partial charge in [-0.3, -0.25) is 14.6 Å². The number of methoxy groups -OCH3 is 1. The molecule has 1 aliphatic heterocycles. The van der Waals surface area contributed by atoms with Crippen molar-refractivity contribution >= 4 is 35.0 Å². The van der Waals surface area contributed by atoms with E-state index in [4.69, 9.17) is 9.72 Å². The van der Waals surface area contributed by atoms with E-state index in [9.17, 15) is 9.59 Å². The molecular weight excluding hydrogens is 470 g/mol. The summed E-state index contributed by atoms with van der Waals surface area (Å²) in [5.41, 5.74) is 2.80. The molecule has 2 amide bonds. The summed E-state index contributed by atoms with van der Waals surface area (Å²) in [4.78, 5) is 42.5. The summed E-state index contributed by atoms with van der Waals surface area (Å²) in [5.74, 6) is 1.52. The van der Waals surface area contributed by atoms with Crippen molar-refractivity contribution in [1.29, 1.82) is 0 Å². The lowest BCUT2D eigenvalue weighted by Gasteiger charge is -2.30. The maximum Gasteiger partial charge on any atom is 0.251 e. The Morgan fingerprint density at radius 3 is 2.70 bits per heavy atom. The van der Waals surface area contributed by atoms with Crippen LogP contribution >= 0.6 is 0 Å². The number of pyridine rings is 1. The van der Waals surface area contributed by atoms with E-state index in [1.807, 2.05) is 12.1 Å². The van der Waals surface area contributed by atoms with Gasteiger partial charge >= 0.3 is 0 Å². The van der Waals surface area contributed by atoms with Gasteiger partial charge in [-0.25, -0.2) is 4.98 Å². The monoisotopic (exact) mass is 501 g/mol. The fourth-order valence-corrected chi connectivity index (χ4v) is 4.91. The molecule has 37 heavy (non-hydrogen) atoms. The lowest BCUT2D eigenvalue weighted by Crippen LogP contribution is -2.34. The van der Waals surface area contributed by atoms with Crippen LogP contribution in [0, 0.1) is 0 Å². The molecule has 1 fully saturated rings. The first-order valence-corrected chi connectivity index (χ1v) is 12.6. The summed E-state index contributed by atoms with van der Waals surface area (Å²) in [7, 11) is 3.33. The summed E-state index contributed by atoms with van der Waals surface area (Å²) in [5, 5.41) is 6.15. The molecule has 192 valence electrons. The topological polar surface area (TPSA) is 113 Å². The molecule has 0 spiro atoms. The van der Waals surface area contributed by atoms with E-state index in [0.717, 1.165) is 24.2 Å². The van der Waals surface area contributed by atoms with Crippen molar-refractivity contribution in [3.05, 3.63) is 60.0 Å². The molecule has 0 radical (unpaired) electrons. The molecule has 3 heterocycles. The normalized spacial score (nSPS) is 15.8. The zero-order chi connectivity index (χ0) is 25.8. The summed E-state index contributed by atoms with van der Waals surface area (Å²) in [6.45, 7) is 1.05. The van der Waals surface area contributed by atoms with E-state index >= 15 is 0 Å². The molecule has 3 aromatic rings. The number of ether oxygens (including phenoxy) is 1. The number of aromatic nitrogens is 3. The van der Waals surface area contributed by atoms with Gasteiger partial charge in [0.05, 0.1) is 19.0 Å². The number of carbonyl (C=O) groups is 2. The molecule has 0 bridgehead atoms. The van der Waals surface area contributed by atoms with Crippen LogP contribution < -0.4 is 25.2 Å². The predicted molar refractivity (Wildman–Crippen MR) is 141 cm³/mol. The highest BCUT2D eigenvalue weighted by Crippen LogP contribution is 2.37. The molecule has 1 aliphatic carbocycles. The van der Waals surface area contributed by atoms with Crippen molar-refractivity contribution in [3.8, 4) is 5.75 Å². The van der Waals surface area contributed by atoms with Crippen LogP contribution in [0.1, 0.15) is 48.0 Å². The second-order valence-corrected chi connectivity index (χ2v) is 9.32. The van der Waals surface area contributed by atoms with Gasteiger partial charge in [-0.1, -0.05) is 12.8 Å². The van der Waals surface area contributed by atoms with E-state index < -0.39 is 0 Å². The third-order valence-corrected chi connectivity index (χ3v) is 7.00. The number of hydrogen-bond donors (Lipinski definition) is 2. The number of anilines is 4. The number of amides is 2. The molecule has 1 saturated carbocycles. The molecule has 10 nitrogen and oxygen atoms in total. The van der Waals surface area contributed by atoms with Gasteiger partial charge in [-0.15, -0.1) is 0 Å². The second kappa shape index (κ2) is 10.8. The number of fused-ring (bicyclic) bond motifs is 1. The highest BCUT2D eigenvalue weighted by Gasteiger charge is 2.31. The Morgan fingerprint density at radius 1 is 1.16 bits per heavy atom. The van der Waals surface area contributed by atoms with Crippen molar-refractivity contribution < 1.29 is 14.3 Å². The van der Waals surface area contributed by atoms with E-state index in [0.29, 0.717) is 54.2 Å². The lowest BCUT2D eigenvalue weighted by molar-refractivity contribution is -0.118. The number of carbonyl (C=O) groups excluding carboxylic acids is 2. The summed E-state index contributed by atoms with van der Waals surface area (Å²) < 4.78 is 5.57. The number of nitrogens with one attached hydrogen (secondary N) is 2. The Labute approximate surface area is 216 Å². The zero-order valence-corrected chi connectivity index (χ0v) is 21.1. The summed E-state index contributed by atoms with van der Waals surface area (Å²) >= 11 is 0. The second-order valence-electron chi connectivity index (χ2n) is 9.32. The minimum atomic E-state index is -0.206. The molecule has 10 heteroatoms. The quantitative estimate of drug-likeness (QED) is 0.504. The Morgan fingerprint density at radius 2 is 1.95 bits per heavy atom. The van der Waals surface area contributed by atoms with Gasteiger partial charge in [0, 0.05) is 50.6 Å². The largest absolute Gasteiger partial charge is 0.495 e. The molecule has 2 N–H and O–H groups in total. The lowest BCUT2D eigenvalue weighted by atomic mass is 10.1. The molecule has 1 aromatic carbocycles. The molecule has 2 aliphatic rings. The van der Waals surface area contributed by atoms with E-state index in [1.54, 1.807) is 55.8 Å². The average molecular weight is 502 g/mol. The summed E-state index contributed by atoms with van der Waals surface area (Å²) in [6.07, 6.45) is 10.1. The van der Waals surface area contributed by atoms with Gasteiger partial charge in [0.1, 0.15) is 11.4 Å². The Balaban J connectivity index is 1.36. The van der Waals surface area contributed by atoms with Crippen LogP contribution in [-0.2, 0) is 11.3 Å². The number of nitrogens with zero attached hydrogens (tertiary/aromatic N) is 5. The van der Waals surface area contributed by atoms with Crippen LogP contribution in [0.2, 0.25) is 0 Å². The zero-order valence-electron chi connectivity index (χ0n) is 21.1. The molecule has 0 unspecified atom stereocenters. The van der Waals surface area contributed by atoms with Crippen LogP contribution in [0.25, 0.3) is 0 Å². The highest BCUT2D eigenvalue weighted by atomic mass is 16.5. The van der Waals surface area contributed by atoms with Crippen molar-refractivity contribution in [1.82, 2.24) is 20.3 Å². The van der Waals surface area contributed by atoms with Crippen LogP contribution in [-0.4, -0.2) is 53.5 Å². The van der Waals surface area contributed by atoms with Crippen LogP contribution in [0.4, 0.5) is 23.1 Å². The fourth-order valence-electron chi connectivity index (χ4n) is 4.91. The Hall–Kier alpha value is -4.21. The Bertz CT molecular complexity index is 1280. The maximum atomic E-state index is 12.7. The van der Waals surface area contributed by atoms with Crippen molar-refractivity contribution in [2.75, 3.05) is 35.8 Å². The molecule has 2 aromatic heterocycles. The highest BCUT2D eigenvalue weighted by molar-refractivity contribution is 5.97. The van der Waals surface area contributed by atoms with E-state index in [-0.39, 0.29) is 11.8 Å². The average Bonchev–Trinajstić information content (AvgIpc) is 3.43. The third kappa shape index (κ3) is 5.32. The predicted octanol–water partition coefficient (Wildman–Crippen LogP) is 3.67. The standard InChI is InChI=1S/C27H31N7O3/c1-33-22-17-30-27(32-25(22)34(14-11-24(33)35)20-5-3-4-6-20)31-21-8-7-19(15-23(21)37-2)26(36)29-16-18-9-12-28-13-10-18/h7-10,12-13,15,17,20H,3-6,11,14,16H2,1-2H3,(H,29,36)(H,30,31,32). The smallest absolute Gasteiger partial charge is 0.251 e. The minimum absolute atomic E-state index is 0.0607. The molecular formula is C27H31N7O3. The van der Waals surface area contributed by atoms with E-state index in [2.05, 4.69) is 25.5 Å². The van der Waals surface area contributed by atoms with Crippen LogP contribution in [0.5, 0.6) is 5.75 Å². The first kappa shape index (κ1) is 24.5. The van der Waals surface area contributed by atoms with Gasteiger partial charge < -0.3 is 25.2 Å². The molecule has 0 saturated heterocycles. The van der Waals surface area contributed by atoms with Gasteiger partial charge in [0.25, 0.3) is 5.91 Å². The van der Waals surface area contributed by atoms with Crippen LogP contribution in [0.15, 0.2) is 48.9 Å². The van der Waals surface area contributed by atoms with Gasteiger partial charge in [-0.2, -0.15) is 4.98 Å². The number of hydrogen-bond acceptors (Lipinski definition) is 8. The van der Waals surface area contributed by atoms with Crippen LogP contribution in [0.3, 0.4) is 0 Å². The first-order chi connectivity index (χ1) is 18.0. The Kier molecular flexibility index (Phi) is 7.16.